The smallest absolute Gasteiger partial charge is 0.381 e. The number of carbonyl (C=O) groups is 3. The van der Waals surface area contributed by atoms with Crippen LogP contribution in [0.2, 0.25) is 0 Å². The number of nitrogens with zero attached hydrogens (tertiary/aromatic N) is 1. The highest BCUT2D eigenvalue weighted by atomic mass is 19.4. The van der Waals surface area contributed by atoms with Crippen LogP contribution in [0, 0.1) is 11.3 Å². The highest BCUT2D eigenvalue weighted by Crippen LogP contribution is 2.36. The zero-order chi connectivity index (χ0) is 31.2. The number of alkyl halides is 3. The predicted octanol–water partition coefficient (Wildman–Crippen LogP) is 4.32. The summed E-state index contributed by atoms with van der Waals surface area (Å²) < 4.78 is 44.9. The Balaban J connectivity index is 1.30. The van der Waals surface area contributed by atoms with E-state index in [4.69, 9.17) is 4.74 Å². The number of amides is 3. The van der Waals surface area contributed by atoms with Crippen molar-refractivity contribution in [3.63, 3.8) is 0 Å². The molecule has 8 nitrogen and oxygen atoms in total. The summed E-state index contributed by atoms with van der Waals surface area (Å²) in [6.45, 7) is 2.05. The molecule has 3 aliphatic rings. The van der Waals surface area contributed by atoms with Crippen molar-refractivity contribution in [1.29, 1.82) is 0 Å². The Kier molecular flexibility index (Phi) is 10.1. The van der Waals surface area contributed by atoms with Gasteiger partial charge in [0, 0.05) is 44.5 Å². The summed E-state index contributed by atoms with van der Waals surface area (Å²) >= 11 is 0. The molecule has 0 bridgehead atoms. The van der Waals surface area contributed by atoms with Crippen molar-refractivity contribution < 1.29 is 32.3 Å². The van der Waals surface area contributed by atoms with Gasteiger partial charge >= 0.3 is 6.18 Å². The van der Waals surface area contributed by atoms with Crippen LogP contribution >= 0.6 is 0 Å². The molecule has 3 atom stereocenters. The number of likely N-dealkylation sites (tertiary alicyclic amines) is 1. The Labute approximate surface area is 255 Å². The summed E-state index contributed by atoms with van der Waals surface area (Å²) in [5.74, 6) is -0.758. The molecule has 11 heteroatoms. The largest absolute Gasteiger partial charge is 0.416 e. The van der Waals surface area contributed by atoms with Gasteiger partial charge in [-0.25, -0.2) is 0 Å². The molecule has 3 heterocycles. The first-order chi connectivity index (χ1) is 21.1. The third-order valence-corrected chi connectivity index (χ3v) is 8.94. The second kappa shape index (κ2) is 13.9. The summed E-state index contributed by atoms with van der Waals surface area (Å²) in [5.41, 5.74) is -0.437. The van der Waals surface area contributed by atoms with Crippen LogP contribution in [0.3, 0.4) is 0 Å². The van der Waals surface area contributed by atoms with Gasteiger partial charge < -0.3 is 20.7 Å². The highest BCUT2D eigenvalue weighted by molar-refractivity contribution is 5.92. The lowest BCUT2D eigenvalue weighted by Crippen LogP contribution is -2.58. The molecular weight excluding hydrogens is 573 g/mol. The van der Waals surface area contributed by atoms with Gasteiger partial charge in [0.05, 0.1) is 17.5 Å². The molecule has 5 rings (SSSR count). The van der Waals surface area contributed by atoms with Crippen molar-refractivity contribution in [2.24, 2.45) is 11.3 Å². The third kappa shape index (κ3) is 8.06. The molecule has 3 amide bonds. The maximum Gasteiger partial charge on any atom is 0.416 e. The van der Waals surface area contributed by atoms with E-state index in [0.717, 1.165) is 17.7 Å². The van der Waals surface area contributed by atoms with Gasteiger partial charge in [0.2, 0.25) is 17.7 Å². The number of hydrogen-bond donors (Lipinski definition) is 3. The van der Waals surface area contributed by atoms with E-state index in [9.17, 15) is 27.6 Å². The predicted molar refractivity (Wildman–Crippen MR) is 159 cm³/mol. The van der Waals surface area contributed by atoms with Crippen molar-refractivity contribution in [1.82, 2.24) is 15.5 Å². The Morgan fingerprint density at radius 2 is 1.80 bits per heavy atom. The van der Waals surface area contributed by atoms with E-state index < -0.39 is 29.1 Å². The van der Waals surface area contributed by atoms with E-state index in [0.29, 0.717) is 64.8 Å². The fourth-order valence-electron chi connectivity index (χ4n) is 6.38. The average molecular weight is 613 g/mol. The fraction of sp³-hybridized carbons (Fsp3) is 0.485. The molecule has 0 aromatic heterocycles. The van der Waals surface area contributed by atoms with Crippen LogP contribution in [0.4, 0.5) is 18.9 Å². The summed E-state index contributed by atoms with van der Waals surface area (Å²) in [6, 6.07) is 13.3. The van der Waals surface area contributed by atoms with E-state index >= 15 is 0 Å². The maximum atomic E-state index is 13.7. The summed E-state index contributed by atoms with van der Waals surface area (Å²) in [5, 5.41) is 8.88. The Bertz CT molecular complexity index is 1340. The van der Waals surface area contributed by atoms with Crippen LogP contribution in [-0.2, 0) is 31.7 Å². The lowest BCUT2D eigenvalue weighted by atomic mass is 9.75. The van der Waals surface area contributed by atoms with Crippen molar-refractivity contribution >= 4 is 23.4 Å². The van der Waals surface area contributed by atoms with Crippen LogP contribution in [0.1, 0.15) is 43.2 Å². The van der Waals surface area contributed by atoms with Crippen LogP contribution in [0.25, 0.3) is 0 Å². The molecule has 1 spiro atoms. The zero-order valence-electron chi connectivity index (χ0n) is 24.6. The number of anilines is 1. The van der Waals surface area contributed by atoms with Gasteiger partial charge in [0.1, 0.15) is 6.04 Å². The quantitative estimate of drug-likeness (QED) is 0.437. The monoisotopic (exact) mass is 612 g/mol. The first-order valence-corrected chi connectivity index (χ1v) is 15.2. The van der Waals surface area contributed by atoms with Gasteiger partial charge in [0.15, 0.2) is 0 Å². The van der Waals surface area contributed by atoms with Crippen LogP contribution in [0.15, 0.2) is 66.7 Å². The van der Waals surface area contributed by atoms with Gasteiger partial charge in [0.25, 0.3) is 0 Å². The van der Waals surface area contributed by atoms with Crippen LogP contribution in [0.5, 0.6) is 0 Å². The van der Waals surface area contributed by atoms with Gasteiger partial charge in [-0.3, -0.25) is 19.3 Å². The molecule has 0 radical (unpaired) electrons. The molecule has 0 saturated carbocycles. The second-order valence-corrected chi connectivity index (χ2v) is 12.0. The number of benzene rings is 2. The molecule has 236 valence electrons. The van der Waals surface area contributed by atoms with E-state index in [1.807, 2.05) is 35.2 Å². The standard InChI is InChI=1S/C33H39F3N4O4/c34-33(35,36)25-10-6-11-26(20-25)37-29(41)22-40-16-12-27-24(21-40)9-4-5-13-32(14-17-44-18-15-32)31(43)39-28(30(42)38-27)19-23-7-2-1-3-8-23/h1-8,10-11,20,24,27-28H,9,12-19,21-22H2,(H,37,41)(H,38,42)(H,39,43)/b5-4+/t24-,27+,28+/m0/s1. The van der Waals surface area contributed by atoms with Crippen molar-refractivity contribution in [2.75, 3.05) is 38.2 Å². The minimum absolute atomic E-state index is 0.00319. The number of fused-ring (bicyclic) bond motifs is 1. The SMILES string of the molecule is O=C(CN1CC[C@H]2NC(=O)[C@@H](Cc3ccccc3)NC(=O)C3(C/C=C/C[C@H]2C1)CCOCC3)Nc1cccc(C(F)(F)F)c1. The number of ether oxygens (including phenoxy) is 1. The minimum Gasteiger partial charge on any atom is -0.381 e. The Morgan fingerprint density at radius 3 is 2.55 bits per heavy atom. The molecule has 44 heavy (non-hydrogen) atoms. The maximum absolute atomic E-state index is 13.7. The highest BCUT2D eigenvalue weighted by Gasteiger charge is 2.41. The number of halogens is 3. The average Bonchev–Trinajstić information content (AvgIpc) is 3.00. The third-order valence-electron chi connectivity index (χ3n) is 8.94. The number of nitrogens with one attached hydrogen (secondary N) is 3. The topological polar surface area (TPSA) is 99.8 Å². The molecule has 2 saturated heterocycles. The molecule has 0 aliphatic carbocycles. The van der Waals surface area contributed by atoms with Gasteiger partial charge in [-0.15, -0.1) is 0 Å². The first kappa shape index (κ1) is 31.7. The molecule has 3 N–H and O–H groups in total. The molecule has 3 aliphatic heterocycles. The van der Waals surface area contributed by atoms with Crippen molar-refractivity contribution in [3.05, 3.63) is 77.9 Å². The fourth-order valence-corrected chi connectivity index (χ4v) is 6.38. The van der Waals surface area contributed by atoms with Gasteiger partial charge in [-0.2, -0.15) is 13.2 Å². The molecule has 2 aromatic rings. The summed E-state index contributed by atoms with van der Waals surface area (Å²) in [7, 11) is 0. The lowest BCUT2D eigenvalue weighted by molar-refractivity contribution is -0.140. The van der Waals surface area contributed by atoms with E-state index in [1.165, 1.54) is 12.1 Å². The minimum atomic E-state index is -4.50. The molecule has 2 aromatic carbocycles. The normalized spacial score (nSPS) is 25.5. The van der Waals surface area contributed by atoms with Gasteiger partial charge in [-0.1, -0.05) is 48.6 Å². The lowest BCUT2D eigenvalue weighted by Gasteiger charge is -2.40. The molecule has 0 unspecified atom stereocenters. The number of rotatable bonds is 5. The Morgan fingerprint density at radius 1 is 1.02 bits per heavy atom. The van der Waals surface area contributed by atoms with E-state index in [-0.39, 0.29) is 36.0 Å². The Hall–Kier alpha value is -3.70. The first-order valence-electron chi connectivity index (χ1n) is 15.2. The van der Waals surface area contributed by atoms with Crippen molar-refractivity contribution in [2.45, 2.75) is 56.8 Å². The van der Waals surface area contributed by atoms with Crippen LogP contribution < -0.4 is 16.0 Å². The summed E-state index contributed by atoms with van der Waals surface area (Å²) in [6.07, 6.45) is 2.90. The zero-order valence-corrected chi connectivity index (χ0v) is 24.6. The molecular formula is C33H39F3N4O4. The van der Waals surface area contributed by atoms with Crippen LogP contribution in [-0.4, -0.2) is 67.6 Å². The summed E-state index contributed by atoms with van der Waals surface area (Å²) in [4.78, 5) is 42.2. The van der Waals surface area contributed by atoms with Crippen molar-refractivity contribution in [3.8, 4) is 0 Å². The number of allylic oxidation sites excluding steroid dienone is 2. The van der Waals surface area contributed by atoms with E-state index in [1.54, 1.807) is 0 Å². The molecule has 2 fully saturated rings. The number of piperidine rings is 1. The number of hydrogen-bond acceptors (Lipinski definition) is 5. The second-order valence-electron chi connectivity index (χ2n) is 12.0. The van der Waals surface area contributed by atoms with E-state index in [2.05, 4.69) is 28.1 Å². The number of carbonyl (C=O) groups excluding carboxylic acids is 3. The van der Waals surface area contributed by atoms with Gasteiger partial charge in [-0.05, 0) is 61.8 Å².